The van der Waals surface area contributed by atoms with Crippen molar-refractivity contribution in [1.82, 2.24) is 9.55 Å². The summed E-state index contributed by atoms with van der Waals surface area (Å²) in [5, 5.41) is 0. The number of anilines is 1. The molecule has 0 N–H and O–H groups in total. The molecule has 6 heteroatoms. The third-order valence-corrected chi connectivity index (χ3v) is 3.77. The minimum atomic E-state index is -0.394. The summed E-state index contributed by atoms with van der Waals surface area (Å²) in [4.78, 5) is 6.53. The van der Waals surface area contributed by atoms with E-state index in [-0.39, 0.29) is 11.2 Å². The molecule has 0 saturated carbocycles. The van der Waals surface area contributed by atoms with Crippen LogP contribution < -0.4 is 10.5 Å². The van der Waals surface area contributed by atoms with E-state index in [1.165, 1.54) is 0 Å². The highest BCUT2D eigenvalue weighted by Gasteiger charge is 2.52. The molecule has 18 heavy (non-hydrogen) atoms. The fourth-order valence-corrected chi connectivity index (χ4v) is 1.97. The Morgan fingerprint density at radius 2 is 1.67 bits per heavy atom. The summed E-state index contributed by atoms with van der Waals surface area (Å²) in [5.74, 6) is 0.889. The number of nitrogens with zero attached hydrogens (tertiary/aromatic N) is 3. The number of hydrogen-bond donors (Lipinski definition) is 0. The van der Waals surface area contributed by atoms with Crippen LogP contribution >= 0.6 is 0 Å². The van der Waals surface area contributed by atoms with Crippen molar-refractivity contribution in [2.45, 2.75) is 38.9 Å². The molecule has 0 aromatic carbocycles. The van der Waals surface area contributed by atoms with Gasteiger partial charge in [-0.05, 0) is 27.7 Å². The van der Waals surface area contributed by atoms with Crippen LogP contribution in [0.4, 0.5) is 5.95 Å². The Labute approximate surface area is 109 Å². The maximum atomic E-state index is 5.98. The summed E-state index contributed by atoms with van der Waals surface area (Å²) in [6.07, 6.45) is 1.96. The summed E-state index contributed by atoms with van der Waals surface area (Å²) in [6, 6.07) is 0. The summed E-state index contributed by atoms with van der Waals surface area (Å²) in [5.41, 5.74) is 0.167. The molecule has 0 atom stereocenters. The van der Waals surface area contributed by atoms with E-state index in [0.29, 0.717) is 0 Å². The van der Waals surface area contributed by atoms with Gasteiger partial charge in [-0.25, -0.2) is 4.98 Å². The molecule has 0 amide bonds. The predicted octanol–water partition coefficient (Wildman–Crippen LogP) is 0.785. The van der Waals surface area contributed by atoms with Crippen molar-refractivity contribution in [3.05, 3.63) is 6.20 Å². The lowest BCUT2D eigenvalue weighted by Gasteiger charge is -2.32. The van der Waals surface area contributed by atoms with E-state index in [0.717, 1.165) is 11.5 Å². The number of imidazole rings is 1. The molecule has 0 aliphatic carbocycles. The van der Waals surface area contributed by atoms with Crippen LogP contribution in [-0.4, -0.2) is 42.0 Å². The van der Waals surface area contributed by atoms with Crippen molar-refractivity contribution in [3.63, 3.8) is 0 Å². The minimum absolute atomic E-state index is 0.326. The third kappa shape index (κ3) is 2.03. The van der Waals surface area contributed by atoms with E-state index in [2.05, 4.69) is 4.98 Å². The van der Waals surface area contributed by atoms with Crippen molar-refractivity contribution < 1.29 is 9.31 Å². The van der Waals surface area contributed by atoms with Crippen molar-refractivity contribution in [2.75, 3.05) is 19.0 Å². The standard InChI is InChI=1S/C12H22BN3O2/c1-11(2)12(3,4)18-13(17-11)9-8-16(7)10(14-9)15(5)6/h8H,1-7H3. The minimum Gasteiger partial charge on any atom is -0.398 e. The van der Waals surface area contributed by atoms with Crippen molar-refractivity contribution in [3.8, 4) is 0 Å². The first kappa shape index (κ1) is 13.4. The first-order valence-corrected chi connectivity index (χ1v) is 6.20. The van der Waals surface area contributed by atoms with Gasteiger partial charge in [-0.1, -0.05) is 0 Å². The largest absolute Gasteiger partial charge is 0.516 e. The maximum Gasteiger partial charge on any atom is 0.516 e. The smallest absolute Gasteiger partial charge is 0.398 e. The van der Waals surface area contributed by atoms with Gasteiger partial charge in [0.05, 0.1) is 16.8 Å². The fourth-order valence-electron chi connectivity index (χ4n) is 1.97. The lowest BCUT2D eigenvalue weighted by molar-refractivity contribution is 0.00578. The van der Waals surface area contributed by atoms with Crippen LogP contribution in [0.25, 0.3) is 0 Å². The van der Waals surface area contributed by atoms with Gasteiger partial charge in [0.2, 0.25) is 5.95 Å². The molecule has 0 radical (unpaired) electrons. The SMILES string of the molecule is CN(C)c1nc(B2OC(C)(C)C(C)(C)O2)cn1C. The van der Waals surface area contributed by atoms with Crippen molar-refractivity contribution >= 4 is 18.7 Å². The fraction of sp³-hybridized carbons (Fsp3) is 0.750. The van der Waals surface area contributed by atoms with Gasteiger partial charge in [-0.15, -0.1) is 0 Å². The topological polar surface area (TPSA) is 39.5 Å². The summed E-state index contributed by atoms with van der Waals surface area (Å²) in [7, 11) is 5.51. The van der Waals surface area contributed by atoms with Crippen LogP contribution in [0.1, 0.15) is 27.7 Å². The Morgan fingerprint density at radius 1 is 1.17 bits per heavy atom. The van der Waals surface area contributed by atoms with Crippen molar-refractivity contribution in [1.29, 1.82) is 0 Å². The second kappa shape index (κ2) is 4.00. The highest BCUT2D eigenvalue weighted by atomic mass is 16.7. The summed E-state index contributed by atoms with van der Waals surface area (Å²) in [6.45, 7) is 8.18. The molecule has 1 aliphatic rings. The molecular weight excluding hydrogens is 229 g/mol. The van der Waals surface area contributed by atoms with Crippen molar-refractivity contribution in [2.24, 2.45) is 7.05 Å². The molecule has 0 unspecified atom stereocenters. The highest BCUT2D eigenvalue weighted by molar-refractivity contribution is 6.61. The third-order valence-electron chi connectivity index (χ3n) is 3.77. The number of aryl methyl sites for hydroxylation is 1. The van der Waals surface area contributed by atoms with Gasteiger partial charge in [0.15, 0.2) is 0 Å². The first-order valence-electron chi connectivity index (χ1n) is 6.20. The summed E-state index contributed by atoms with van der Waals surface area (Å²) >= 11 is 0. The monoisotopic (exact) mass is 251 g/mol. The molecular formula is C12H22BN3O2. The van der Waals surface area contributed by atoms with E-state index in [1.807, 2.05) is 64.5 Å². The quantitative estimate of drug-likeness (QED) is 0.728. The van der Waals surface area contributed by atoms with Gasteiger partial charge >= 0.3 is 7.12 Å². The molecule has 2 rings (SSSR count). The van der Waals surface area contributed by atoms with Gasteiger partial charge in [-0.2, -0.15) is 0 Å². The summed E-state index contributed by atoms with van der Waals surface area (Å²) < 4.78 is 13.9. The molecule has 1 aromatic rings. The van der Waals surface area contributed by atoms with Gasteiger partial charge in [0.1, 0.15) is 0 Å². The van der Waals surface area contributed by atoms with Crippen LogP contribution in [-0.2, 0) is 16.4 Å². The predicted molar refractivity (Wildman–Crippen MR) is 73.3 cm³/mol. The normalized spacial score (nSPS) is 21.4. The van der Waals surface area contributed by atoms with E-state index in [1.54, 1.807) is 0 Å². The second-order valence-corrected chi connectivity index (χ2v) is 6.06. The maximum absolute atomic E-state index is 5.98. The van der Waals surface area contributed by atoms with Gasteiger partial charge < -0.3 is 18.8 Å². The lowest BCUT2D eigenvalue weighted by atomic mass is 9.86. The average Bonchev–Trinajstić information content (AvgIpc) is 2.66. The molecule has 1 aliphatic heterocycles. The zero-order valence-corrected chi connectivity index (χ0v) is 12.3. The van der Waals surface area contributed by atoms with Crippen LogP contribution in [0.2, 0.25) is 0 Å². The van der Waals surface area contributed by atoms with E-state index in [4.69, 9.17) is 9.31 Å². The Kier molecular flexibility index (Phi) is 2.98. The Bertz CT molecular complexity index is 438. The second-order valence-electron chi connectivity index (χ2n) is 6.06. The Balaban J connectivity index is 2.27. The molecule has 0 bridgehead atoms. The Hall–Kier alpha value is -1.01. The molecule has 1 fully saturated rings. The van der Waals surface area contributed by atoms with Crippen LogP contribution in [0.5, 0.6) is 0 Å². The van der Waals surface area contributed by atoms with Gasteiger partial charge in [0, 0.05) is 27.3 Å². The van der Waals surface area contributed by atoms with Crippen LogP contribution in [0, 0.1) is 0 Å². The number of rotatable bonds is 2. The average molecular weight is 251 g/mol. The lowest BCUT2D eigenvalue weighted by Crippen LogP contribution is -2.41. The van der Waals surface area contributed by atoms with E-state index in [9.17, 15) is 0 Å². The molecule has 100 valence electrons. The number of hydrogen-bond acceptors (Lipinski definition) is 4. The molecule has 5 nitrogen and oxygen atoms in total. The highest BCUT2D eigenvalue weighted by Crippen LogP contribution is 2.36. The Morgan fingerprint density at radius 3 is 2.06 bits per heavy atom. The molecule has 1 saturated heterocycles. The van der Waals surface area contributed by atoms with E-state index < -0.39 is 7.12 Å². The van der Waals surface area contributed by atoms with E-state index >= 15 is 0 Å². The zero-order valence-electron chi connectivity index (χ0n) is 12.3. The zero-order chi connectivity index (χ0) is 13.7. The van der Waals surface area contributed by atoms with Gasteiger partial charge in [0.25, 0.3) is 0 Å². The van der Waals surface area contributed by atoms with Crippen LogP contribution in [0.15, 0.2) is 6.20 Å². The van der Waals surface area contributed by atoms with Crippen LogP contribution in [0.3, 0.4) is 0 Å². The molecule has 1 aromatic heterocycles. The molecule has 2 heterocycles. The number of aromatic nitrogens is 2. The van der Waals surface area contributed by atoms with Gasteiger partial charge in [-0.3, -0.25) is 0 Å². The first-order chi connectivity index (χ1) is 8.14. The molecule has 0 spiro atoms.